The van der Waals surface area contributed by atoms with Crippen LogP contribution in [-0.4, -0.2) is 28.4 Å². The zero-order valence-electron chi connectivity index (χ0n) is 20.4. The largest absolute Gasteiger partial charge is 0.417 e. The number of pyridine rings is 1. The third-order valence-electron chi connectivity index (χ3n) is 9.62. The van der Waals surface area contributed by atoms with E-state index in [1.165, 1.54) is 6.07 Å². The quantitative estimate of drug-likeness (QED) is 0.504. The van der Waals surface area contributed by atoms with Crippen LogP contribution >= 0.6 is 0 Å². The Morgan fingerprint density at radius 2 is 1.78 bits per heavy atom. The number of nitriles is 1. The predicted molar refractivity (Wildman–Crippen MR) is 123 cm³/mol. The lowest BCUT2D eigenvalue weighted by atomic mass is 9.57. The summed E-state index contributed by atoms with van der Waals surface area (Å²) in [5, 5.41) is 32.6. The van der Waals surface area contributed by atoms with Gasteiger partial charge in [-0.25, -0.2) is 0 Å². The average molecular weight is 513 g/mol. The maximum absolute atomic E-state index is 13.9. The Balaban J connectivity index is 1.51. The van der Waals surface area contributed by atoms with Gasteiger partial charge in [0.1, 0.15) is 12.2 Å². The monoisotopic (exact) mass is 512 g/mol. The van der Waals surface area contributed by atoms with Crippen molar-refractivity contribution in [3.63, 3.8) is 0 Å². The zero-order valence-corrected chi connectivity index (χ0v) is 20.4. The summed E-state index contributed by atoms with van der Waals surface area (Å²) in [6.45, 7) is 2.70. The molecule has 7 rings (SSSR count). The van der Waals surface area contributed by atoms with E-state index in [2.05, 4.69) is 0 Å². The molecule has 1 aromatic carbocycles. The Hall–Kier alpha value is -2.51. The third-order valence-corrected chi connectivity index (χ3v) is 9.62. The van der Waals surface area contributed by atoms with Crippen LogP contribution in [0.3, 0.4) is 0 Å². The minimum Gasteiger partial charge on any atom is -0.388 e. The van der Waals surface area contributed by atoms with Gasteiger partial charge < -0.3 is 19.7 Å². The standard InChI is InChI=1S/C28H27F3N2O4/c1-13-15-10-17(28(29,30)31)14(12-32)9-16(15)24-20-21(27(37-24)5-7-36-8-6-27)19-18(34)11-26(3-2-4-26)25(35)23(19)33-22(13)20/h9-10,13,18,24-25,34-35H,2-8,11H2,1H3/t13?,18?,24?,25-/m0/s1. The van der Waals surface area contributed by atoms with Crippen LogP contribution in [0.5, 0.6) is 0 Å². The van der Waals surface area contributed by atoms with Gasteiger partial charge in [-0.2, -0.15) is 18.4 Å². The zero-order chi connectivity index (χ0) is 25.9. The van der Waals surface area contributed by atoms with E-state index in [1.807, 2.05) is 6.92 Å². The van der Waals surface area contributed by atoms with E-state index >= 15 is 0 Å². The van der Waals surface area contributed by atoms with Crippen molar-refractivity contribution < 1.29 is 32.9 Å². The summed E-state index contributed by atoms with van der Waals surface area (Å²) in [5.41, 5.74) is 1.61. The third kappa shape index (κ3) is 2.98. The van der Waals surface area contributed by atoms with Crippen molar-refractivity contribution in [2.24, 2.45) is 5.41 Å². The molecule has 4 atom stereocenters. The van der Waals surface area contributed by atoms with Crippen LogP contribution in [0.2, 0.25) is 0 Å². The van der Waals surface area contributed by atoms with Crippen molar-refractivity contribution in [3.8, 4) is 6.07 Å². The number of rotatable bonds is 0. The topological polar surface area (TPSA) is 95.6 Å². The molecular weight excluding hydrogens is 485 g/mol. The van der Waals surface area contributed by atoms with Crippen molar-refractivity contribution in [1.29, 1.82) is 5.26 Å². The fourth-order valence-corrected chi connectivity index (χ4v) is 7.62. The van der Waals surface area contributed by atoms with Gasteiger partial charge in [-0.15, -0.1) is 0 Å². The van der Waals surface area contributed by atoms with Crippen molar-refractivity contribution in [2.45, 2.75) is 81.5 Å². The minimum atomic E-state index is -4.68. The number of halogens is 3. The van der Waals surface area contributed by atoms with Gasteiger partial charge >= 0.3 is 6.18 Å². The first kappa shape index (κ1) is 23.6. The first-order chi connectivity index (χ1) is 17.6. The van der Waals surface area contributed by atoms with Crippen LogP contribution in [0.1, 0.15) is 120 Å². The SMILES string of the molecule is CC1c2cc(C(F)(F)F)c(C#N)cc2C2OC3(CCOCC3)c3c4c(nc1c32)[C@H](O)C1(CCC1)CC4O. The van der Waals surface area contributed by atoms with Crippen molar-refractivity contribution in [3.05, 3.63) is 62.5 Å². The maximum atomic E-state index is 13.9. The van der Waals surface area contributed by atoms with Gasteiger partial charge in [-0.3, -0.25) is 4.98 Å². The number of nitrogens with zero attached hydrogens (tertiary/aromatic N) is 2. The summed E-state index contributed by atoms with van der Waals surface area (Å²) in [6.07, 6.45) is -2.95. The molecule has 3 heterocycles. The summed E-state index contributed by atoms with van der Waals surface area (Å²) in [4.78, 5) is 4.94. The van der Waals surface area contributed by atoms with Crippen LogP contribution in [0, 0.1) is 16.7 Å². The number of alkyl halides is 3. The molecule has 6 nitrogen and oxygen atoms in total. The van der Waals surface area contributed by atoms with Gasteiger partial charge in [0.2, 0.25) is 0 Å². The first-order valence-corrected chi connectivity index (χ1v) is 13.0. The van der Waals surface area contributed by atoms with Gasteiger partial charge in [0, 0.05) is 48.5 Å². The summed E-state index contributed by atoms with van der Waals surface area (Å²) in [7, 11) is 0. The first-order valence-electron chi connectivity index (χ1n) is 13.0. The Morgan fingerprint density at radius 1 is 1.05 bits per heavy atom. The highest BCUT2D eigenvalue weighted by atomic mass is 19.4. The molecule has 1 saturated heterocycles. The number of benzene rings is 1. The van der Waals surface area contributed by atoms with Gasteiger partial charge in [0.25, 0.3) is 0 Å². The van der Waals surface area contributed by atoms with Crippen LogP contribution in [0.4, 0.5) is 13.2 Å². The van der Waals surface area contributed by atoms with Gasteiger partial charge in [0.05, 0.1) is 40.3 Å². The smallest absolute Gasteiger partial charge is 0.388 e. The molecule has 2 aromatic rings. The molecule has 37 heavy (non-hydrogen) atoms. The summed E-state index contributed by atoms with van der Waals surface area (Å²) in [6, 6.07) is 4.11. The second-order valence-corrected chi connectivity index (χ2v) is 11.4. The number of aliphatic hydroxyl groups is 2. The van der Waals surface area contributed by atoms with E-state index in [4.69, 9.17) is 14.5 Å². The lowest BCUT2D eigenvalue weighted by molar-refractivity contribution is -0.138. The summed E-state index contributed by atoms with van der Waals surface area (Å²) < 4.78 is 54.1. The average Bonchev–Trinajstić information content (AvgIpc) is 3.17. The predicted octanol–water partition coefficient (Wildman–Crippen LogP) is 5.20. The highest BCUT2D eigenvalue weighted by Gasteiger charge is 2.58. The molecule has 0 amide bonds. The molecule has 5 aliphatic rings. The van der Waals surface area contributed by atoms with E-state index in [0.29, 0.717) is 60.6 Å². The van der Waals surface area contributed by atoms with Crippen LogP contribution < -0.4 is 0 Å². The fourth-order valence-electron chi connectivity index (χ4n) is 7.62. The lowest BCUT2D eigenvalue weighted by Gasteiger charge is -2.51. The molecule has 2 fully saturated rings. The molecule has 3 aliphatic carbocycles. The van der Waals surface area contributed by atoms with Gasteiger partial charge in [0.15, 0.2) is 0 Å². The highest BCUT2D eigenvalue weighted by molar-refractivity contribution is 5.62. The maximum Gasteiger partial charge on any atom is 0.417 e. The second-order valence-electron chi connectivity index (χ2n) is 11.4. The molecule has 2 spiro atoms. The van der Waals surface area contributed by atoms with Crippen molar-refractivity contribution in [1.82, 2.24) is 4.98 Å². The number of aliphatic hydroxyl groups excluding tert-OH is 2. The normalized spacial score (nSPS) is 30.3. The lowest BCUT2D eigenvalue weighted by Crippen LogP contribution is -2.43. The van der Waals surface area contributed by atoms with Crippen molar-refractivity contribution >= 4 is 0 Å². The molecule has 194 valence electrons. The Labute approximate surface area is 212 Å². The molecule has 3 unspecified atom stereocenters. The van der Waals surface area contributed by atoms with E-state index in [-0.39, 0.29) is 0 Å². The molecule has 1 saturated carbocycles. The van der Waals surface area contributed by atoms with E-state index < -0.39 is 52.5 Å². The molecule has 1 aromatic heterocycles. The number of fused-ring (bicyclic) bond motifs is 5. The van der Waals surface area contributed by atoms with Crippen LogP contribution in [-0.2, 0) is 21.3 Å². The minimum absolute atomic E-state index is 0.414. The van der Waals surface area contributed by atoms with E-state index in [9.17, 15) is 28.6 Å². The molecule has 9 heteroatoms. The molecule has 0 bridgehead atoms. The molecule has 0 radical (unpaired) electrons. The summed E-state index contributed by atoms with van der Waals surface area (Å²) in [5.74, 6) is -0.513. The Morgan fingerprint density at radius 3 is 2.41 bits per heavy atom. The van der Waals surface area contributed by atoms with E-state index in [1.54, 1.807) is 6.07 Å². The number of ether oxygens (including phenoxy) is 2. The van der Waals surface area contributed by atoms with Crippen LogP contribution in [0.25, 0.3) is 0 Å². The van der Waals surface area contributed by atoms with Crippen molar-refractivity contribution in [2.75, 3.05) is 13.2 Å². The summed E-state index contributed by atoms with van der Waals surface area (Å²) >= 11 is 0. The highest BCUT2D eigenvalue weighted by Crippen LogP contribution is 2.64. The molecule has 2 N–H and O–H groups in total. The van der Waals surface area contributed by atoms with Crippen LogP contribution in [0.15, 0.2) is 12.1 Å². The van der Waals surface area contributed by atoms with E-state index in [0.717, 1.165) is 36.5 Å². The Kier molecular flexibility index (Phi) is 4.81. The molecule has 2 aliphatic heterocycles. The van der Waals surface area contributed by atoms with Gasteiger partial charge in [-0.05, 0) is 48.1 Å². The van der Waals surface area contributed by atoms with Gasteiger partial charge in [-0.1, -0.05) is 13.3 Å². The number of hydrogen-bond donors (Lipinski definition) is 2. The fraction of sp³-hybridized carbons (Fsp3) is 0.571. The Bertz CT molecular complexity index is 1370. The number of aromatic nitrogens is 1. The molecular formula is C28H27F3N2O4. The number of hydrogen-bond acceptors (Lipinski definition) is 6. The second kappa shape index (κ2) is 7.54.